The summed E-state index contributed by atoms with van der Waals surface area (Å²) in [4.78, 5) is 10.1. The normalized spacial score (nSPS) is 10.7. The van der Waals surface area contributed by atoms with Gasteiger partial charge in [-0.05, 0) is 6.42 Å². The minimum absolute atomic E-state index is 0.646. The van der Waals surface area contributed by atoms with Crippen molar-refractivity contribution in [3.05, 3.63) is 24.2 Å². The SMILES string of the molecule is CCCN(c1cnc(C)o1)c1cnc(C)o1. The van der Waals surface area contributed by atoms with Crippen molar-refractivity contribution in [3.63, 3.8) is 0 Å². The van der Waals surface area contributed by atoms with Gasteiger partial charge in [0, 0.05) is 20.4 Å². The molecule has 0 aliphatic heterocycles. The summed E-state index contributed by atoms with van der Waals surface area (Å²) >= 11 is 0. The van der Waals surface area contributed by atoms with Crippen LogP contribution in [0.3, 0.4) is 0 Å². The number of hydrogen-bond donors (Lipinski definition) is 0. The van der Waals surface area contributed by atoms with Crippen LogP contribution in [0.25, 0.3) is 0 Å². The van der Waals surface area contributed by atoms with E-state index in [0.717, 1.165) is 13.0 Å². The topological polar surface area (TPSA) is 55.3 Å². The molecule has 0 fully saturated rings. The van der Waals surface area contributed by atoms with Crippen LogP contribution in [0, 0.1) is 13.8 Å². The van der Waals surface area contributed by atoms with Gasteiger partial charge in [-0.1, -0.05) is 6.92 Å². The maximum atomic E-state index is 5.49. The van der Waals surface area contributed by atoms with Crippen molar-refractivity contribution < 1.29 is 8.83 Å². The van der Waals surface area contributed by atoms with Gasteiger partial charge in [-0.25, -0.2) is 9.97 Å². The molecule has 0 saturated heterocycles. The molecule has 2 rings (SSSR count). The van der Waals surface area contributed by atoms with Crippen molar-refractivity contribution in [2.45, 2.75) is 27.2 Å². The van der Waals surface area contributed by atoms with E-state index in [0.29, 0.717) is 23.5 Å². The zero-order chi connectivity index (χ0) is 11.5. The molecule has 0 aliphatic rings. The molecule has 2 aromatic rings. The maximum Gasteiger partial charge on any atom is 0.223 e. The van der Waals surface area contributed by atoms with Crippen LogP contribution in [-0.2, 0) is 0 Å². The molecule has 5 nitrogen and oxygen atoms in total. The van der Waals surface area contributed by atoms with E-state index in [1.165, 1.54) is 0 Å². The quantitative estimate of drug-likeness (QED) is 0.794. The Labute approximate surface area is 94.1 Å². The molecule has 0 aromatic carbocycles. The third-order valence-corrected chi connectivity index (χ3v) is 2.20. The van der Waals surface area contributed by atoms with Gasteiger partial charge < -0.3 is 8.83 Å². The Bertz CT molecular complexity index is 421. The molecule has 0 N–H and O–H groups in total. The fraction of sp³-hybridized carbons (Fsp3) is 0.455. The van der Waals surface area contributed by atoms with Crippen LogP contribution >= 0.6 is 0 Å². The van der Waals surface area contributed by atoms with E-state index in [-0.39, 0.29) is 0 Å². The van der Waals surface area contributed by atoms with Crippen LogP contribution in [0.5, 0.6) is 0 Å². The Balaban J connectivity index is 2.30. The van der Waals surface area contributed by atoms with Crippen LogP contribution in [0.15, 0.2) is 21.2 Å². The van der Waals surface area contributed by atoms with Gasteiger partial charge in [0.25, 0.3) is 0 Å². The first kappa shape index (κ1) is 10.7. The second kappa shape index (κ2) is 4.38. The highest BCUT2D eigenvalue weighted by molar-refractivity contribution is 5.50. The molecule has 2 heterocycles. The minimum Gasteiger partial charge on any atom is -0.425 e. The van der Waals surface area contributed by atoms with Crippen LogP contribution in [0.1, 0.15) is 25.1 Å². The largest absolute Gasteiger partial charge is 0.425 e. The number of hydrogen-bond acceptors (Lipinski definition) is 5. The lowest BCUT2D eigenvalue weighted by Crippen LogP contribution is -2.16. The first-order valence-corrected chi connectivity index (χ1v) is 5.33. The van der Waals surface area contributed by atoms with Gasteiger partial charge in [-0.2, -0.15) is 0 Å². The molecular formula is C11H15N3O2. The van der Waals surface area contributed by atoms with E-state index < -0.39 is 0 Å². The van der Waals surface area contributed by atoms with Crippen LogP contribution in [0.2, 0.25) is 0 Å². The number of rotatable bonds is 4. The van der Waals surface area contributed by atoms with E-state index in [4.69, 9.17) is 8.83 Å². The Kier molecular flexibility index (Phi) is 2.94. The molecule has 0 atom stereocenters. The van der Waals surface area contributed by atoms with Crippen molar-refractivity contribution in [2.24, 2.45) is 0 Å². The molecule has 2 aromatic heterocycles. The molecule has 0 spiro atoms. The van der Waals surface area contributed by atoms with Crippen molar-refractivity contribution in [2.75, 3.05) is 11.4 Å². The first-order chi connectivity index (χ1) is 7.70. The summed E-state index contributed by atoms with van der Waals surface area (Å²) in [5.41, 5.74) is 0. The number of aryl methyl sites for hydroxylation is 2. The Hall–Kier alpha value is -1.78. The Morgan fingerprint density at radius 2 is 1.56 bits per heavy atom. The summed E-state index contributed by atoms with van der Waals surface area (Å²) in [7, 11) is 0. The fourth-order valence-electron chi connectivity index (χ4n) is 1.50. The molecule has 0 bridgehead atoms. The molecular weight excluding hydrogens is 206 g/mol. The predicted molar refractivity (Wildman–Crippen MR) is 59.8 cm³/mol. The van der Waals surface area contributed by atoms with E-state index in [1.807, 2.05) is 18.7 Å². The summed E-state index contributed by atoms with van der Waals surface area (Å²) < 4.78 is 11.0. The summed E-state index contributed by atoms with van der Waals surface area (Å²) in [5.74, 6) is 2.67. The Morgan fingerprint density at radius 3 is 1.88 bits per heavy atom. The van der Waals surface area contributed by atoms with E-state index in [2.05, 4.69) is 16.9 Å². The van der Waals surface area contributed by atoms with Crippen molar-refractivity contribution in [3.8, 4) is 0 Å². The summed E-state index contributed by atoms with van der Waals surface area (Å²) in [6.45, 7) is 6.54. The lowest BCUT2D eigenvalue weighted by molar-refractivity contribution is 0.485. The van der Waals surface area contributed by atoms with Gasteiger partial charge in [-0.15, -0.1) is 0 Å². The van der Waals surface area contributed by atoms with Gasteiger partial charge in [-0.3, -0.25) is 4.90 Å². The highest BCUT2D eigenvalue weighted by Crippen LogP contribution is 2.26. The van der Waals surface area contributed by atoms with Gasteiger partial charge in [0.1, 0.15) is 0 Å². The fourth-order valence-corrected chi connectivity index (χ4v) is 1.50. The molecule has 0 radical (unpaired) electrons. The number of anilines is 2. The summed E-state index contributed by atoms with van der Waals surface area (Å²) in [6, 6.07) is 0. The van der Waals surface area contributed by atoms with E-state index in [1.54, 1.807) is 12.4 Å². The van der Waals surface area contributed by atoms with Gasteiger partial charge in [0.2, 0.25) is 11.8 Å². The third kappa shape index (κ3) is 2.08. The average Bonchev–Trinajstić information content (AvgIpc) is 2.84. The van der Waals surface area contributed by atoms with Crippen molar-refractivity contribution in [1.82, 2.24) is 9.97 Å². The number of aromatic nitrogens is 2. The smallest absolute Gasteiger partial charge is 0.223 e. The maximum absolute atomic E-state index is 5.49. The predicted octanol–water partition coefficient (Wildman–Crippen LogP) is 2.83. The standard InChI is InChI=1S/C11H15N3O2/c1-4-5-14(10-6-12-8(2)15-10)11-7-13-9(3)16-11/h6-7H,4-5H2,1-3H3. The summed E-state index contributed by atoms with van der Waals surface area (Å²) in [6.07, 6.45) is 4.38. The van der Waals surface area contributed by atoms with Gasteiger partial charge in [0.05, 0.1) is 12.4 Å². The summed E-state index contributed by atoms with van der Waals surface area (Å²) in [5, 5.41) is 0. The highest BCUT2D eigenvalue weighted by Gasteiger charge is 2.16. The van der Waals surface area contributed by atoms with Gasteiger partial charge in [0.15, 0.2) is 11.8 Å². The van der Waals surface area contributed by atoms with Crippen molar-refractivity contribution >= 4 is 11.8 Å². The third-order valence-electron chi connectivity index (χ3n) is 2.20. The first-order valence-electron chi connectivity index (χ1n) is 5.33. The minimum atomic E-state index is 0.646. The highest BCUT2D eigenvalue weighted by atomic mass is 16.4. The lowest BCUT2D eigenvalue weighted by Gasteiger charge is -2.16. The average molecular weight is 221 g/mol. The molecule has 5 heteroatoms. The Morgan fingerprint density at radius 1 is 1.06 bits per heavy atom. The number of nitrogens with zero attached hydrogens (tertiary/aromatic N) is 3. The molecule has 0 amide bonds. The van der Waals surface area contributed by atoms with Crippen LogP contribution in [0.4, 0.5) is 11.8 Å². The molecule has 16 heavy (non-hydrogen) atoms. The molecule has 0 aliphatic carbocycles. The zero-order valence-electron chi connectivity index (χ0n) is 9.73. The molecule has 0 saturated carbocycles. The van der Waals surface area contributed by atoms with Crippen LogP contribution in [-0.4, -0.2) is 16.5 Å². The second-order valence-electron chi connectivity index (χ2n) is 3.59. The molecule has 86 valence electrons. The van der Waals surface area contributed by atoms with E-state index in [9.17, 15) is 0 Å². The monoisotopic (exact) mass is 221 g/mol. The lowest BCUT2D eigenvalue weighted by atomic mass is 10.4. The van der Waals surface area contributed by atoms with E-state index >= 15 is 0 Å². The zero-order valence-corrected chi connectivity index (χ0v) is 9.73. The molecule has 0 unspecified atom stereocenters. The number of oxazole rings is 2. The van der Waals surface area contributed by atoms with Crippen molar-refractivity contribution in [1.29, 1.82) is 0 Å². The van der Waals surface area contributed by atoms with Crippen LogP contribution < -0.4 is 4.90 Å². The second-order valence-corrected chi connectivity index (χ2v) is 3.59. The van der Waals surface area contributed by atoms with Gasteiger partial charge >= 0.3 is 0 Å².